The summed E-state index contributed by atoms with van der Waals surface area (Å²) in [6.07, 6.45) is 5.80. The number of carbonyl (C=O) groups excluding carboxylic acids is 1. The van der Waals surface area contributed by atoms with E-state index < -0.39 is 10.8 Å². The maximum atomic E-state index is 12.0. The van der Waals surface area contributed by atoms with Crippen LogP contribution in [0.25, 0.3) is 0 Å². The van der Waals surface area contributed by atoms with Gasteiger partial charge in [0.2, 0.25) is 5.91 Å². The minimum absolute atomic E-state index is 0.107. The van der Waals surface area contributed by atoms with E-state index in [4.69, 9.17) is 5.26 Å². The lowest BCUT2D eigenvalue weighted by Gasteiger charge is -2.22. The van der Waals surface area contributed by atoms with Gasteiger partial charge in [-0.25, -0.2) is 0 Å². The Bertz CT molecular complexity index is 319. The van der Waals surface area contributed by atoms with E-state index >= 15 is 0 Å². The maximum Gasteiger partial charge on any atom is 0.234 e. The maximum absolute atomic E-state index is 12.0. The molecule has 0 spiro atoms. The van der Waals surface area contributed by atoms with Gasteiger partial charge in [-0.1, -0.05) is 19.3 Å². The highest BCUT2D eigenvalue weighted by molar-refractivity contribution is 7.86. The molecule has 5 heteroatoms. The van der Waals surface area contributed by atoms with Gasteiger partial charge in [-0.2, -0.15) is 5.26 Å². The minimum Gasteiger partial charge on any atom is -0.344 e. The number of rotatable bonds is 5. The molecule has 4 nitrogen and oxygen atoms in total. The molecule has 0 aliphatic heterocycles. The highest BCUT2D eigenvalue weighted by Gasteiger charge is 2.22. The van der Waals surface area contributed by atoms with E-state index in [1.54, 1.807) is 7.05 Å². The predicted molar refractivity (Wildman–Crippen MR) is 67.7 cm³/mol. The first-order valence-electron chi connectivity index (χ1n) is 6.13. The molecule has 17 heavy (non-hydrogen) atoms. The van der Waals surface area contributed by atoms with Crippen molar-refractivity contribution in [3.63, 3.8) is 0 Å². The molecule has 0 heterocycles. The summed E-state index contributed by atoms with van der Waals surface area (Å²) >= 11 is 0. The van der Waals surface area contributed by atoms with Crippen LogP contribution in [0.15, 0.2) is 0 Å². The van der Waals surface area contributed by atoms with Gasteiger partial charge in [-0.05, 0) is 12.8 Å². The first kappa shape index (κ1) is 14.2. The van der Waals surface area contributed by atoms with E-state index in [0.29, 0.717) is 13.0 Å². The van der Waals surface area contributed by atoms with Crippen molar-refractivity contribution in [3.8, 4) is 6.07 Å². The zero-order chi connectivity index (χ0) is 12.7. The van der Waals surface area contributed by atoms with Crippen molar-refractivity contribution in [2.45, 2.75) is 43.8 Å². The van der Waals surface area contributed by atoms with Gasteiger partial charge in [0.15, 0.2) is 0 Å². The Morgan fingerprint density at radius 1 is 1.41 bits per heavy atom. The zero-order valence-corrected chi connectivity index (χ0v) is 11.2. The van der Waals surface area contributed by atoms with Crippen molar-refractivity contribution in [3.05, 3.63) is 0 Å². The summed E-state index contributed by atoms with van der Waals surface area (Å²) in [5.41, 5.74) is 0. The SMILES string of the molecule is CN(CCC#N)C(=O)CS(=O)C1CCCCC1. The fraction of sp³-hybridized carbons (Fsp3) is 0.833. The number of nitrogens with zero attached hydrogens (tertiary/aromatic N) is 2. The third-order valence-electron chi connectivity index (χ3n) is 3.17. The summed E-state index contributed by atoms with van der Waals surface area (Å²) in [5.74, 6) is 0.0104. The number of carbonyl (C=O) groups is 1. The summed E-state index contributed by atoms with van der Waals surface area (Å²) in [6.45, 7) is 0.428. The van der Waals surface area contributed by atoms with E-state index in [-0.39, 0.29) is 16.9 Å². The van der Waals surface area contributed by atoms with Crippen LogP contribution < -0.4 is 0 Å². The predicted octanol–water partition coefficient (Wildman–Crippen LogP) is 1.44. The van der Waals surface area contributed by atoms with Crippen molar-refractivity contribution in [2.24, 2.45) is 0 Å². The van der Waals surface area contributed by atoms with Gasteiger partial charge >= 0.3 is 0 Å². The number of hydrogen-bond donors (Lipinski definition) is 0. The second kappa shape index (κ2) is 7.44. The van der Waals surface area contributed by atoms with Crippen LogP contribution in [-0.4, -0.2) is 39.6 Å². The van der Waals surface area contributed by atoms with Crippen LogP contribution in [0.4, 0.5) is 0 Å². The van der Waals surface area contributed by atoms with Crippen LogP contribution in [0.5, 0.6) is 0 Å². The lowest BCUT2D eigenvalue weighted by Crippen LogP contribution is -2.34. The first-order chi connectivity index (χ1) is 8.15. The molecule has 1 aliphatic carbocycles. The normalized spacial score (nSPS) is 18.4. The molecule has 1 saturated carbocycles. The van der Waals surface area contributed by atoms with Crippen molar-refractivity contribution < 1.29 is 9.00 Å². The van der Waals surface area contributed by atoms with Crippen molar-refractivity contribution in [1.82, 2.24) is 4.90 Å². The largest absolute Gasteiger partial charge is 0.344 e. The van der Waals surface area contributed by atoms with Crippen LogP contribution >= 0.6 is 0 Å². The standard InChI is InChI=1S/C12H20N2O2S/c1-14(9-5-8-13)12(15)10-17(16)11-6-3-2-4-7-11/h11H,2-7,9-10H2,1H3. The molecule has 0 aromatic heterocycles. The molecule has 0 saturated heterocycles. The number of hydrogen-bond acceptors (Lipinski definition) is 3. The summed E-state index contributed by atoms with van der Waals surface area (Å²) in [4.78, 5) is 13.2. The van der Waals surface area contributed by atoms with Crippen LogP contribution in [0, 0.1) is 11.3 Å². The lowest BCUT2D eigenvalue weighted by molar-refractivity contribution is -0.127. The Balaban J connectivity index is 2.34. The second-order valence-electron chi connectivity index (χ2n) is 4.51. The van der Waals surface area contributed by atoms with E-state index in [1.165, 1.54) is 11.3 Å². The van der Waals surface area contributed by atoms with Gasteiger partial charge in [-0.15, -0.1) is 0 Å². The van der Waals surface area contributed by atoms with Gasteiger partial charge in [0, 0.05) is 29.6 Å². The molecule has 1 rings (SSSR count). The molecule has 0 aromatic rings. The Labute approximate surface area is 105 Å². The van der Waals surface area contributed by atoms with Crippen LogP contribution in [0.2, 0.25) is 0 Å². The molecule has 0 bridgehead atoms. The molecule has 0 aromatic carbocycles. The summed E-state index contributed by atoms with van der Waals surface area (Å²) < 4.78 is 12.0. The van der Waals surface area contributed by atoms with Gasteiger partial charge in [-0.3, -0.25) is 9.00 Å². The topological polar surface area (TPSA) is 61.2 Å². The van der Waals surface area contributed by atoms with Gasteiger partial charge in [0.1, 0.15) is 5.75 Å². The number of amides is 1. The zero-order valence-electron chi connectivity index (χ0n) is 10.4. The molecule has 0 radical (unpaired) electrons. The summed E-state index contributed by atoms with van der Waals surface area (Å²) in [5, 5.41) is 8.64. The quantitative estimate of drug-likeness (QED) is 0.747. The molecule has 1 unspecified atom stereocenters. The van der Waals surface area contributed by atoms with Crippen LogP contribution in [-0.2, 0) is 15.6 Å². The molecule has 1 amide bonds. The Morgan fingerprint density at radius 2 is 2.06 bits per heavy atom. The second-order valence-corrected chi connectivity index (χ2v) is 6.23. The summed E-state index contributed by atoms with van der Waals surface area (Å²) in [6, 6.07) is 2.00. The number of nitriles is 1. The molecule has 0 N–H and O–H groups in total. The van der Waals surface area contributed by atoms with E-state index in [9.17, 15) is 9.00 Å². The van der Waals surface area contributed by atoms with E-state index in [2.05, 4.69) is 0 Å². The van der Waals surface area contributed by atoms with Gasteiger partial charge in [0.25, 0.3) is 0 Å². The van der Waals surface area contributed by atoms with Gasteiger partial charge < -0.3 is 4.90 Å². The molecule has 96 valence electrons. The highest BCUT2D eigenvalue weighted by Crippen LogP contribution is 2.22. The Morgan fingerprint density at radius 3 is 2.65 bits per heavy atom. The average molecular weight is 256 g/mol. The Kier molecular flexibility index (Phi) is 6.20. The smallest absolute Gasteiger partial charge is 0.234 e. The van der Waals surface area contributed by atoms with Crippen molar-refractivity contribution in [2.75, 3.05) is 19.3 Å². The molecule has 1 fully saturated rings. The van der Waals surface area contributed by atoms with Crippen LogP contribution in [0.3, 0.4) is 0 Å². The monoisotopic (exact) mass is 256 g/mol. The van der Waals surface area contributed by atoms with Gasteiger partial charge in [0.05, 0.1) is 12.5 Å². The molecular formula is C12H20N2O2S. The van der Waals surface area contributed by atoms with Crippen molar-refractivity contribution in [1.29, 1.82) is 5.26 Å². The first-order valence-corrected chi connectivity index (χ1v) is 7.51. The summed E-state index contributed by atoms with van der Waals surface area (Å²) in [7, 11) is 0.628. The molecular weight excluding hydrogens is 236 g/mol. The molecule has 1 atom stereocenters. The minimum atomic E-state index is -1.04. The third-order valence-corrected chi connectivity index (χ3v) is 4.92. The molecule has 1 aliphatic rings. The fourth-order valence-electron chi connectivity index (χ4n) is 2.02. The van der Waals surface area contributed by atoms with Crippen LogP contribution in [0.1, 0.15) is 38.5 Å². The van der Waals surface area contributed by atoms with E-state index in [0.717, 1.165) is 25.7 Å². The Hall–Kier alpha value is -0.890. The van der Waals surface area contributed by atoms with Crippen molar-refractivity contribution >= 4 is 16.7 Å². The highest BCUT2D eigenvalue weighted by atomic mass is 32.2. The lowest BCUT2D eigenvalue weighted by atomic mass is 10.0. The fourth-order valence-corrected chi connectivity index (χ4v) is 3.58. The average Bonchev–Trinajstić information content (AvgIpc) is 2.36. The van der Waals surface area contributed by atoms with E-state index in [1.807, 2.05) is 6.07 Å². The third kappa shape index (κ3) is 4.86.